The lowest BCUT2D eigenvalue weighted by molar-refractivity contribution is -0.141. The van der Waals surface area contributed by atoms with Crippen molar-refractivity contribution in [1.29, 1.82) is 0 Å². The van der Waals surface area contributed by atoms with E-state index in [-0.39, 0.29) is 10.6 Å². The average Bonchev–Trinajstić information content (AvgIpc) is 2.42. The molecule has 21 heavy (non-hydrogen) atoms. The third-order valence-corrected chi connectivity index (χ3v) is 3.93. The normalized spacial score (nSPS) is 11.9. The van der Waals surface area contributed by atoms with Gasteiger partial charge in [-0.25, -0.2) is 4.98 Å². The van der Waals surface area contributed by atoms with Crippen LogP contribution in [0.3, 0.4) is 0 Å². The Morgan fingerprint density at radius 1 is 1.33 bits per heavy atom. The maximum absolute atomic E-state index is 12.7. The topological polar surface area (TPSA) is 59.2 Å². The van der Waals surface area contributed by atoms with Gasteiger partial charge in [-0.1, -0.05) is 13.8 Å². The monoisotopic (exact) mass is 321 g/mol. The van der Waals surface area contributed by atoms with Gasteiger partial charge in [-0.15, -0.1) is 11.8 Å². The molecule has 4 nitrogen and oxygen atoms in total. The summed E-state index contributed by atoms with van der Waals surface area (Å²) in [7, 11) is 0. The summed E-state index contributed by atoms with van der Waals surface area (Å²) in [4.78, 5) is 16.9. The Balaban J connectivity index is 2.89. The van der Waals surface area contributed by atoms with Gasteiger partial charge in [0.2, 0.25) is 0 Å². The van der Waals surface area contributed by atoms with Crippen LogP contribution in [-0.2, 0) is 6.18 Å². The quantitative estimate of drug-likeness (QED) is 0.784. The van der Waals surface area contributed by atoms with Crippen LogP contribution >= 0.6 is 11.8 Å². The largest absolute Gasteiger partial charge is 0.433 e. The summed E-state index contributed by atoms with van der Waals surface area (Å²) in [5, 5.41) is 0.0319. The van der Waals surface area contributed by atoms with E-state index in [1.165, 1.54) is 0 Å². The van der Waals surface area contributed by atoms with Gasteiger partial charge in [-0.05, 0) is 25.2 Å². The Morgan fingerprint density at radius 3 is 2.43 bits per heavy atom. The van der Waals surface area contributed by atoms with Crippen molar-refractivity contribution >= 4 is 17.7 Å². The molecule has 2 N–H and O–H groups in total. The zero-order valence-corrected chi connectivity index (χ0v) is 12.7. The van der Waals surface area contributed by atoms with Crippen molar-refractivity contribution in [2.24, 2.45) is 5.73 Å². The molecule has 0 unspecified atom stereocenters. The molecule has 1 aromatic rings. The first-order chi connectivity index (χ1) is 9.79. The SMILES string of the molecule is CCN(CC)CCSc1nc(C(F)(F)F)ccc1C(N)=O. The first kappa shape index (κ1) is 17.8. The number of hydrogen-bond donors (Lipinski definition) is 1. The van der Waals surface area contributed by atoms with Crippen molar-refractivity contribution in [2.45, 2.75) is 25.0 Å². The van der Waals surface area contributed by atoms with Crippen LogP contribution in [0.5, 0.6) is 0 Å². The second-order valence-electron chi connectivity index (χ2n) is 4.29. The zero-order valence-electron chi connectivity index (χ0n) is 11.9. The number of amides is 1. The van der Waals surface area contributed by atoms with Crippen molar-refractivity contribution in [1.82, 2.24) is 9.88 Å². The molecule has 118 valence electrons. The molecule has 1 aromatic heterocycles. The zero-order chi connectivity index (χ0) is 16.0. The van der Waals surface area contributed by atoms with Crippen molar-refractivity contribution < 1.29 is 18.0 Å². The van der Waals surface area contributed by atoms with Crippen LogP contribution in [-0.4, -0.2) is 41.2 Å². The molecule has 0 aliphatic heterocycles. The number of thioether (sulfide) groups is 1. The summed E-state index contributed by atoms with van der Waals surface area (Å²) in [6.45, 7) is 6.43. The fourth-order valence-electron chi connectivity index (χ4n) is 1.71. The molecular weight excluding hydrogens is 303 g/mol. The minimum atomic E-state index is -4.54. The summed E-state index contributed by atoms with van der Waals surface area (Å²) >= 11 is 1.11. The van der Waals surface area contributed by atoms with Gasteiger partial charge in [0.1, 0.15) is 10.7 Å². The van der Waals surface area contributed by atoms with E-state index in [9.17, 15) is 18.0 Å². The summed E-state index contributed by atoms with van der Waals surface area (Å²) in [5.74, 6) is -0.238. The Morgan fingerprint density at radius 2 is 1.95 bits per heavy atom. The number of halogens is 3. The van der Waals surface area contributed by atoms with Gasteiger partial charge in [0, 0.05) is 12.3 Å². The Hall–Kier alpha value is -1.28. The predicted molar refractivity (Wildman–Crippen MR) is 76.3 cm³/mol. The molecule has 8 heteroatoms. The highest BCUT2D eigenvalue weighted by Gasteiger charge is 2.33. The summed E-state index contributed by atoms with van der Waals surface area (Å²) in [6.07, 6.45) is -4.54. The molecule has 0 atom stereocenters. The lowest BCUT2D eigenvalue weighted by atomic mass is 10.2. The lowest BCUT2D eigenvalue weighted by Crippen LogP contribution is -2.25. The van der Waals surface area contributed by atoms with Gasteiger partial charge < -0.3 is 10.6 Å². The molecular formula is C13H18F3N3OS. The smallest absolute Gasteiger partial charge is 0.366 e. The van der Waals surface area contributed by atoms with Gasteiger partial charge in [0.05, 0.1) is 5.56 Å². The number of hydrogen-bond acceptors (Lipinski definition) is 4. The molecule has 0 fully saturated rings. The van der Waals surface area contributed by atoms with Gasteiger partial charge in [-0.2, -0.15) is 13.2 Å². The highest BCUT2D eigenvalue weighted by atomic mass is 32.2. The highest BCUT2D eigenvalue weighted by Crippen LogP contribution is 2.30. The predicted octanol–water partition coefficient (Wildman–Crippen LogP) is 2.63. The molecule has 0 aliphatic carbocycles. The number of primary amides is 1. The van der Waals surface area contributed by atoms with Gasteiger partial charge in [0.25, 0.3) is 5.91 Å². The molecule has 0 saturated heterocycles. The second kappa shape index (κ2) is 7.65. The fourth-order valence-corrected chi connectivity index (χ4v) is 2.74. The first-order valence-corrected chi connectivity index (χ1v) is 7.51. The van der Waals surface area contributed by atoms with E-state index in [1.54, 1.807) is 0 Å². The molecule has 0 aliphatic rings. The van der Waals surface area contributed by atoms with Gasteiger partial charge in [0.15, 0.2) is 0 Å². The van der Waals surface area contributed by atoms with E-state index in [4.69, 9.17) is 5.73 Å². The van der Waals surface area contributed by atoms with Gasteiger partial charge in [-0.3, -0.25) is 4.79 Å². The van der Waals surface area contributed by atoms with Crippen molar-refractivity contribution in [3.05, 3.63) is 23.4 Å². The van der Waals surface area contributed by atoms with E-state index in [0.717, 1.165) is 37.0 Å². The van der Waals surface area contributed by atoms with Crippen LogP contribution in [0, 0.1) is 0 Å². The molecule has 1 heterocycles. The number of carbonyl (C=O) groups excluding carboxylic acids is 1. The van der Waals surface area contributed by atoms with Crippen LogP contribution in [0.4, 0.5) is 13.2 Å². The Labute approximate surface area is 125 Å². The van der Waals surface area contributed by atoms with Crippen molar-refractivity contribution in [3.8, 4) is 0 Å². The minimum absolute atomic E-state index is 0.0209. The highest BCUT2D eigenvalue weighted by molar-refractivity contribution is 7.99. The molecule has 0 radical (unpaired) electrons. The van der Waals surface area contributed by atoms with Crippen molar-refractivity contribution in [3.63, 3.8) is 0 Å². The standard InChI is InChI=1S/C13H18F3N3OS/c1-3-19(4-2)7-8-21-12-9(11(17)20)5-6-10(18-12)13(14,15)16/h5-6H,3-4,7-8H2,1-2H3,(H2,17,20). The molecule has 0 aromatic carbocycles. The summed E-state index contributed by atoms with van der Waals surface area (Å²) in [5.41, 5.74) is 4.18. The van der Waals surface area contributed by atoms with Crippen LogP contribution in [0.15, 0.2) is 17.2 Å². The second-order valence-corrected chi connectivity index (χ2v) is 5.37. The molecule has 1 rings (SSSR count). The van der Waals surface area contributed by atoms with Crippen LogP contribution < -0.4 is 5.73 Å². The number of pyridine rings is 1. The van der Waals surface area contributed by atoms with Crippen LogP contribution in [0.2, 0.25) is 0 Å². The summed E-state index contributed by atoms with van der Waals surface area (Å²) in [6, 6.07) is 1.85. The van der Waals surface area contributed by atoms with E-state index in [0.29, 0.717) is 12.3 Å². The van der Waals surface area contributed by atoms with Crippen molar-refractivity contribution in [2.75, 3.05) is 25.4 Å². The number of aromatic nitrogens is 1. The number of rotatable bonds is 7. The number of carbonyl (C=O) groups is 1. The first-order valence-electron chi connectivity index (χ1n) is 6.52. The molecule has 0 spiro atoms. The fraction of sp³-hybridized carbons (Fsp3) is 0.538. The summed E-state index contributed by atoms with van der Waals surface area (Å²) < 4.78 is 38.0. The molecule has 1 amide bonds. The third-order valence-electron chi connectivity index (χ3n) is 2.96. The van der Waals surface area contributed by atoms with Crippen LogP contribution in [0.1, 0.15) is 29.9 Å². The maximum Gasteiger partial charge on any atom is 0.433 e. The van der Waals surface area contributed by atoms with E-state index >= 15 is 0 Å². The van der Waals surface area contributed by atoms with Crippen LogP contribution in [0.25, 0.3) is 0 Å². The van der Waals surface area contributed by atoms with E-state index < -0.39 is 17.8 Å². The average molecular weight is 321 g/mol. The van der Waals surface area contributed by atoms with Gasteiger partial charge >= 0.3 is 6.18 Å². The lowest BCUT2D eigenvalue weighted by Gasteiger charge is -2.17. The number of nitrogens with zero attached hydrogens (tertiary/aromatic N) is 2. The molecule has 0 bridgehead atoms. The molecule has 0 saturated carbocycles. The van der Waals surface area contributed by atoms with E-state index in [1.807, 2.05) is 13.8 Å². The third kappa shape index (κ3) is 5.20. The number of alkyl halides is 3. The van der Waals surface area contributed by atoms with E-state index in [2.05, 4.69) is 9.88 Å². The Bertz CT molecular complexity index is 490. The number of nitrogens with two attached hydrogens (primary N) is 1. The minimum Gasteiger partial charge on any atom is -0.366 e. The Kier molecular flexibility index (Phi) is 6.47. The maximum atomic E-state index is 12.7.